The van der Waals surface area contributed by atoms with Crippen LogP contribution < -0.4 is 5.32 Å². The topological polar surface area (TPSA) is 29.1 Å². The molecule has 0 radical (unpaired) electrons. The predicted molar refractivity (Wildman–Crippen MR) is 74.7 cm³/mol. The maximum atomic E-state index is 12.5. The molecule has 2 atom stereocenters. The minimum absolute atomic E-state index is 0.117. The lowest BCUT2D eigenvalue weighted by Gasteiger charge is -2.29. The zero-order valence-corrected chi connectivity index (χ0v) is 12.0. The van der Waals surface area contributed by atoms with Crippen molar-refractivity contribution in [2.75, 3.05) is 0 Å². The summed E-state index contributed by atoms with van der Waals surface area (Å²) >= 11 is 0. The van der Waals surface area contributed by atoms with Crippen molar-refractivity contribution in [1.82, 2.24) is 5.32 Å². The molecule has 116 valence electrons. The third-order valence-corrected chi connectivity index (χ3v) is 4.10. The first-order valence-electron chi connectivity index (χ1n) is 7.32. The summed E-state index contributed by atoms with van der Waals surface area (Å²) in [5, 5.41) is 3.00. The molecule has 2 nitrogen and oxygen atoms in total. The summed E-state index contributed by atoms with van der Waals surface area (Å²) in [6.45, 7) is 2.13. The quantitative estimate of drug-likeness (QED) is 0.900. The monoisotopic (exact) mass is 299 g/mol. The third-order valence-electron chi connectivity index (χ3n) is 4.10. The first-order valence-corrected chi connectivity index (χ1v) is 7.32. The summed E-state index contributed by atoms with van der Waals surface area (Å²) in [5.41, 5.74) is -0.0866. The zero-order valence-electron chi connectivity index (χ0n) is 12.0. The smallest absolute Gasteiger partial charge is 0.353 e. The van der Waals surface area contributed by atoms with Gasteiger partial charge in [0.25, 0.3) is 0 Å². The molecule has 0 saturated heterocycles. The molecule has 0 spiro atoms. The minimum Gasteiger partial charge on any atom is -0.353 e. The maximum absolute atomic E-state index is 12.5. The molecule has 5 heteroatoms. The zero-order chi connectivity index (χ0) is 15.5. The van der Waals surface area contributed by atoms with E-state index in [-0.39, 0.29) is 18.4 Å². The normalized spacial score (nSPS) is 22.9. The molecule has 1 aliphatic rings. The van der Waals surface area contributed by atoms with Crippen LogP contribution in [0.25, 0.3) is 0 Å². The van der Waals surface area contributed by atoms with E-state index in [1.807, 2.05) is 0 Å². The summed E-state index contributed by atoms with van der Waals surface area (Å²) in [4.78, 5) is 12.0. The van der Waals surface area contributed by atoms with E-state index in [0.29, 0.717) is 11.5 Å². The first kappa shape index (κ1) is 15.9. The molecular weight excluding hydrogens is 279 g/mol. The van der Waals surface area contributed by atoms with Crippen LogP contribution in [0.15, 0.2) is 24.3 Å². The fourth-order valence-corrected chi connectivity index (χ4v) is 2.79. The van der Waals surface area contributed by atoms with Gasteiger partial charge in [0, 0.05) is 6.04 Å². The lowest BCUT2D eigenvalue weighted by molar-refractivity contribution is -0.137. The van der Waals surface area contributed by atoms with Gasteiger partial charge in [0.05, 0.1) is 12.0 Å². The summed E-state index contributed by atoms with van der Waals surface area (Å²) in [7, 11) is 0. The van der Waals surface area contributed by atoms with Crippen molar-refractivity contribution in [3.63, 3.8) is 0 Å². The summed E-state index contributed by atoms with van der Waals surface area (Å²) in [5.74, 6) is 0.351. The van der Waals surface area contributed by atoms with Crippen molar-refractivity contribution in [3.8, 4) is 0 Å². The molecule has 21 heavy (non-hydrogen) atoms. The van der Waals surface area contributed by atoms with Crippen LogP contribution in [0.2, 0.25) is 0 Å². The highest BCUT2D eigenvalue weighted by molar-refractivity contribution is 5.78. The number of amides is 1. The molecule has 0 aromatic heterocycles. The minimum atomic E-state index is -4.34. The van der Waals surface area contributed by atoms with Gasteiger partial charge < -0.3 is 5.32 Å². The van der Waals surface area contributed by atoms with Crippen LogP contribution in [0.3, 0.4) is 0 Å². The molecule has 0 heterocycles. The average Bonchev–Trinajstić information content (AvgIpc) is 2.41. The molecule has 0 unspecified atom stereocenters. The Hall–Kier alpha value is -1.52. The molecule has 1 amide bonds. The van der Waals surface area contributed by atoms with Crippen molar-refractivity contribution < 1.29 is 18.0 Å². The van der Waals surface area contributed by atoms with Crippen LogP contribution >= 0.6 is 0 Å². The average molecular weight is 299 g/mol. The Morgan fingerprint density at radius 2 is 1.81 bits per heavy atom. The van der Waals surface area contributed by atoms with Crippen LogP contribution in [0.5, 0.6) is 0 Å². The van der Waals surface area contributed by atoms with Crippen LogP contribution in [0.4, 0.5) is 13.2 Å². The van der Waals surface area contributed by atoms with E-state index in [4.69, 9.17) is 0 Å². The first-order chi connectivity index (χ1) is 9.86. The highest BCUT2D eigenvalue weighted by Crippen LogP contribution is 2.29. The fraction of sp³-hybridized carbons (Fsp3) is 0.562. The number of benzene rings is 1. The van der Waals surface area contributed by atoms with Crippen LogP contribution in [0, 0.1) is 5.92 Å². The number of rotatable bonds is 3. The van der Waals surface area contributed by atoms with E-state index in [1.54, 1.807) is 0 Å². The van der Waals surface area contributed by atoms with Crippen LogP contribution in [-0.4, -0.2) is 11.9 Å². The lowest BCUT2D eigenvalue weighted by Crippen LogP contribution is -2.41. The second-order valence-corrected chi connectivity index (χ2v) is 5.81. The molecule has 1 N–H and O–H groups in total. The van der Waals surface area contributed by atoms with Crippen molar-refractivity contribution in [3.05, 3.63) is 35.4 Å². The van der Waals surface area contributed by atoms with Crippen molar-refractivity contribution in [2.24, 2.45) is 5.92 Å². The molecule has 1 saturated carbocycles. The molecule has 1 aliphatic carbocycles. The fourth-order valence-electron chi connectivity index (χ4n) is 2.79. The van der Waals surface area contributed by atoms with Crippen molar-refractivity contribution >= 4 is 5.91 Å². The van der Waals surface area contributed by atoms with Gasteiger partial charge in [-0.05, 0) is 36.5 Å². The van der Waals surface area contributed by atoms with Crippen molar-refractivity contribution in [1.29, 1.82) is 0 Å². The highest BCUT2D eigenvalue weighted by atomic mass is 19.4. The predicted octanol–water partition coefficient (Wildman–Crippen LogP) is 3.94. The largest absolute Gasteiger partial charge is 0.416 e. The standard InChI is InChI=1S/C16H20F3NO/c1-11-4-2-3-5-14(11)20-15(21)10-12-6-8-13(9-7-12)16(17,18)19/h6-9,11,14H,2-5,10H2,1H3,(H,20,21)/t11-,14+/m0/s1. The summed E-state index contributed by atoms with van der Waals surface area (Å²) < 4.78 is 37.4. The van der Waals surface area contributed by atoms with Gasteiger partial charge in [-0.2, -0.15) is 13.2 Å². The molecular formula is C16H20F3NO. The number of carbonyl (C=O) groups excluding carboxylic acids is 1. The number of nitrogens with one attached hydrogen (secondary N) is 1. The number of halogens is 3. The van der Waals surface area contributed by atoms with Gasteiger partial charge >= 0.3 is 6.18 Å². The number of hydrogen-bond donors (Lipinski definition) is 1. The molecule has 1 fully saturated rings. The Labute approximate surface area is 122 Å². The van der Waals surface area contributed by atoms with E-state index in [0.717, 1.165) is 31.4 Å². The van der Waals surface area contributed by atoms with Gasteiger partial charge in [0.15, 0.2) is 0 Å². The van der Waals surface area contributed by atoms with Gasteiger partial charge in [-0.25, -0.2) is 0 Å². The van der Waals surface area contributed by atoms with E-state index < -0.39 is 11.7 Å². The summed E-state index contributed by atoms with van der Waals surface area (Å²) in [6, 6.07) is 4.97. The van der Waals surface area contributed by atoms with Gasteiger partial charge in [0.1, 0.15) is 0 Å². The van der Waals surface area contributed by atoms with Crippen LogP contribution in [0.1, 0.15) is 43.7 Å². The van der Waals surface area contributed by atoms with Gasteiger partial charge in [-0.1, -0.05) is 31.9 Å². The Kier molecular flexibility index (Phi) is 4.91. The molecule has 0 bridgehead atoms. The molecule has 2 rings (SSSR count). The van der Waals surface area contributed by atoms with E-state index >= 15 is 0 Å². The van der Waals surface area contributed by atoms with Crippen LogP contribution in [-0.2, 0) is 17.4 Å². The molecule has 1 aromatic carbocycles. The van der Waals surface area contributed by atoms with E-state index in [1.165, 1.54) is 18.6 Å². The number of alkyl halides is 3. The second-order valence-electron chi connectivity index (χ2n) is 5.81. The van der Waals surface area contributed by atoms with E-state index in [2.05, 4.69) is 12.2 Å². The number of hydrogen-bond acceptors (Lipinski definition) is 1. The van der Waals surface area contributed by atoms with Crippen molar-refractivity contribution in [2.45, 2.75) is 51.2 Å². The third kappa shape index (κ3) is 4.48. The highest BCUT2D eigenvalue weighted by Gasteiger charge is 2.30. The van der Waals surface area contributed by atoms with E-state index in [9.17, 15) is 18.0 Å². The second kappa shape index (κ2) is 6.50. The molecule has 0 aliphatic heterocycles. The Bertz CT molecular complexity index is 481. The van der Waals surface area contributed by atoms with Gasteiger partial charge in [-0.15, -0.1) is 0 Å². The maximum Gasteiger partial charge on any atom is 0.416 e. The molecule has 1 aromatic rings. The SMILES string of the molecule is C[C@H]1CCCC[C@H]1NC(=O)Cc1ccc(C(F)(F)F)cc1. The summed E-state index contributed by atoms with van der Waals surface area (Å²) in [6.07, 6.45) is 0.215. The lowest BCUT2D eigenvalue weighted by atomic mass is 9.86. The van der Waals surface area contributed by atoms with Gasteiger partial charge in [0.2, 0.25) is 5.91 Å². The Morgan fingerprint density at radius 3 is 2.38 bits per heavy atom. The number of carbonyl (C=O) groups is 1. The Morgan fingerprint density at radius 1 is 1.19 bits per heavy atom. The van der Waals surface area contributed by atoms with Gasteiger partial charge in [-0.3, -0.25) is 4.79 Å². The Balaban J connectivity index is 1.90.